The fourth-order valence-corrected chi connectivity index (χ4v) is 3.58. The highest BCUT2D eigenvalue weighted by Crippen LogP contribution is 2.37. The molecule has 0 amide bonds. The fraction of sp³-hybridized carbons (Fsp3) is 0.174. The van der Waals surface area contributed by atoms with Gasteiger partial charge in [0.2, 0.25) is 0 Å². The first-order valence-corrected chi connectivity index (χ1v) is 8.80. The van der Waals surface area contributed by atoms with Crippen LogP contribution in [-0.2, 0) is 6.42 Å². The Hall–Kier alpha value is -2.87. The van der Waals surface area contributed by atoms with E-state index in [4.69, 9.17) is 0 Å². The van der Waals surface area contributed by atoms with E-state index in [9.17, 15) is 0 Å². The van der Waals surface area contributed by atoms with Crippen molar-refractivity contribution in [1.29, 1.82) is 0 Å². The molecule has 1 N–H and O–H groups in total. The zero-order chi connectivity index (χ0) is 17.1. The molecular weight excluding hydrogens is 304 g/mol. The molecule has 0 aliphatic carbocycles. The topological polar surface area (TPSA) is 24.9 Å². The number of nitrogens with zero attached hydrogens (tertiary/aromatic N) is 1. The maximum absolute atomic E-state index is 4.19. The Labute approximate surface area is 149 Å². The molecule has 4 rings (SSSR count). The number of aromatic nitrogens is 1. The van der Waals surface area contributed by atoms with Gasteiger partial charge in [0, 0.05) is 30.6 Å². The minimum atomic E-state index is 0.459. The van der Waals surface area contributed by atoms with Crippen LogP contribution in [0.15, 0.2) is 79.1 Å². The summed E-state index contributed by atoms with van der Waals surface area (Å²) in [5.41, 5.74) is 7.86. The Morgan fingerprint density at radius 1 is 0.880 bits per heavy atom. The van der Waals surface area contributed by atoms with Gasteiger partial charge in [-0.1, -0.05) is 60.2 Å². The molecule has 1 unspecified atom stereocenters. The van der Waals surface area contributed by atoms with Gasteiger partial charge in [0.25, 0.3) is 0 Å². The largest absolute Gasteiger partial charge is 0.384 e. The lowest BCUT2D eigenvalue weighted by atomic mass is 9.87. The normalized spacial score (nSPS) is 16.8. The summed E-state index contributed by atoms with van der Waals surface area (Å²) in [4.78, 5) is 4.19. The molecule has 25 heavy (non-hydrogen) atoms. The average molecular weight is 326 g/mol. The van der Waals surface area contributed by atoms with Crippen molar-refractivity contribution >= 4 is 11.3 Å². The van der Waals surface area contributed by atoms with Gasteiger partial charge in [0.1, 0.15) is 0 Å². The SMILES string of the molecule is Cc1ccc(CC2CNC(c3ccccc3)=C2c2ccncc2)cc1. The smallest absolute Gasteiger partial charge is 0.0456 e. The third-order valence-electron chi connectivity index (χ3n) is 4.86. The first kappa shape index (κ1) is 15.6. The first-order chi connectivity index (χ1) is 12.3. The minimum absolute atomic E-state index is 0.459. The Morgan fingerprint density at radius 3 is 2.32 bits per heavy atom. The molecule has 2 heteroatoms. The predicted molar refractivity (Wildman–Crippen MR) is 104 cm³/mol. The summed E-state index contributed by atoms with van der Waals surface area (Å²) in [5.74, 6) is 0.459. The van der Waals surface area contributed by atoms with Crippen LogP contribution in [0.4, 0.5) is 0 Å². The third-order valence-corrected chi connectivity index (χ3v) is 4.86. The monoisotopic (exact) mass is 326 g/mol. The van der Waals surface area contributed by atoms with Crippen molar-refractivity contribution in [2.45, 2.75) is 13.3 Å². The van der Waals surface area contributed by atoms with Crippen LogP contribution in [0, 0.1) is 12.8 Å². The van der Waals surface area contributed by atoms with Gasteiger partial charge in [-0.25, -0.2) is 0 Å². The number of pyridine rings is 1. The lowest BCUT2D eigenvalue weighted by Gasteiger charge is -2.15. The van der Waals surface area contributed by atoms with Crippen molar-refractivity contribution in [3.63, 3.8) is 0 Å². The maximum Gasteiger partial charge on any atom is 0.0456 e. The number of aryl methyl sites for hydroxylation is 1. The van der Waals surface area contributed by atoms with Crippen LogP contribution in [0.3, 0.4) is 0 Å². The van der Waals surface area contributed by atoms with Crippen LogP contribution in [0.5, 0.6) is 0 Å². The van der Waals surface area contributed by atoms with Gasteiger partial charge in [-0.2, -0.15) is 0 Å². The van der Waals surface area contributed by atoms with E-state index in [1.807, 2.05) is 12.4 Å². The number of hydrogen-bond donors (Lipinski definition) is 1. The van der Waals surface area contributed by atoms with E-state index >= 15 is 0 Å². The van der Waals surface area contributed by atoms with E-state index in [0.29, 0.717) is 5.92 Å². The quantitative estimate of drug-likeness (QED) is 0.750. The molecule has 0 spiro atoms. The summed E-state index contributed by atoms with van der Waals surface area (Å²) >= 11 is 0. The molecule has 1 atom stereocenters. The van der Waals surface area contributed by atoms with Crippen molar-refractivity contribution in [2.24, 2.45) is 5.92 Å². The molecule has 2 aromatic carbocycles. The van der Waals surface area contributed by atoms with Gasteiger partial charge in [0.15, 0.2) is 0 Å². The lowest BCUT2D eigenvalue weighted by Crippen LogP contribution is -2.14. The van der Waals surface area contributed by atoms with Gasteiger partial charge in [-0.3, -0.25) is 4.98 Å². The molecule has 1 aliphatic rings. The molecule has 1 aliphatic heterocycles. The Morgan fingerprint density at radius 2 is 1.60 bits per heavy atom. The molecule has 2 nitrogen and oxygen atoms in total. The van der Waals surface area contributed by atoms with Crippen molar-refractivity contribution in [2.75, 3.05) is 6.54 Å². The van der Waals surface area contributed by atoms with Crippen molar-refractivity contribution < 1.29 is 0 Å². The number of nitrogens with one attached hydrogen (secondary N) is 1. The van der Waals surface area contributed by atoms with Crippen LogP contribution < -0.4 is 5.32 Å². The highest BCUT2D eigenvalue weighted by Gasteiger charge is 2.27. The van der Waals surface area contributed by atoms with Crippen LogP contribution in [0.25, 0.3) is 11.3 Å². The van der Waals surface area contributed by atoms with Gasteiger partial charge in [-0.15, -0.1) is 0 Å². The minimum Gasteiger partial charge on any atom is -0.384 e. The standard InChI is InChI=1S/C23H22N2/c1-17-7-9-18(10-8-17)15-21-16-25-23(20-5-3-2-4-6-20)22(21)19-11-13-24-14-12-19/h2-14,21,25H,15-16H2,1H3. The van der Waals surface area contributed by atoms with Crippen LogP contribution in [0.2, 0.25) is 0 Å². The molecule has 2 heterocycles. The van der Waals surface area contributed by atoms with E-state index in [2.05, 4.69) is 84.0 Å². The summed E-state index contributed by atoms with van der Waals surface area (Å²) in [6.45, 7) is 3.10. The second-order valence-electron chi connectivity index (χ2n) is 6.66. The van der Waals surface area contributed by atoms with Gasteiger partial charge >= 0.3 is 0 Å². The number of benzene rings is 2. The summed E-state index contributed by atoms with van der Waals surface area (Å²) in [5, 5.41) is 3.66. The zero-order valence-electron chi connectivity index (χ0n) is 14.4. The van der Waals surface area contributed by atoms with E-state index < -0.39 is 0 Å². The molecule has 0 saturated carbocycles. The second-order valence-corrected chi connectivity index (χ2v) is 6.66. The third kappa shape index (κ3) is 3.34. The van der Waals surface area contributed by atoms with Gasteiger partial charge in [0.05, 0.1) is 0 Å². The Bertz CT molecular complexity index is 865. The van der Waals surface area contributed by atoms with Crippen molar-refractivity contribution in [3.8, 4) is 0 Å². The Balaban J connectivity index is 1.74. The highest BCUT2D eigenvalue weighted by atomic mass is 14.9. The molecule has 124 valence electrons. The molecule has 0 fully saturated rings. The maximum atomic E-state index is 4.19. The second kappa shape index (κ2) is 6.94. The molecular formula is C23H22N2. The van der Waals surface area contributed by atoms with Crippen LogP contribution in [-0.4, -0.2) is 11.5 Å². The molecule has 0 saturated heterocycles. The van der Waals surface area contributed by atoms with E-state index in [0.717, 1.165) is 13.0 Å². The van der Waals surface area contributed by atoms with Gasteiger partial charge in [-0.05, 0) is 47.7 Å². The average Bonchev–Trinajstić information content (AvgIpc) is 3.08. The van der Waals surface area contributed by atoms with E-state index in [1.54, 1.807) is 0 Å². The van der Waals surface area contributed by atoms with E-state index in [1.165, 1.54) is 33.5 Å². The van der Waals surface area contributed by atoms with Crippen LogP contribution in [0.1, 0.15) is 22.3 Å². The van der Waals surface area contributed by atoms with Crippen molar-refractivity contribution in [3.05, 3.63) is 101 Å². The summed E-state index contributed by atoms with van der Waals surface area (Å²) in [6.07, 6.45) is 4.81. The van der Waals surface area contributed by atoms with Crippen molar-refractivity contribution in [1.82, 2.24) is 10.3 Å². The van der Waals surface area contributed by atoms with E-state index in [-0.39, 0.29) is 0 Å². The summed E-state index contributed by atoms with van der Waals surface area (Å²) in [6, 6.07) is 23.8. The first-order valence-electron chi connectivity index (χ1n) is 8.80. The molecule has 0 radical (unpaired) electrons. The highest BCUT2D eigenvalue weighted by molar-refractivity contribution is 5.93. The van der Waals surface area contributed by atoms with Gasteiger partial charge < -0.3 is 5.32 Å². The molecule has 3 aromatic rings. The molecule has 0 bridgehead atoms. The fourth-order valence-electron chi connectivity index (χ4n) is 3.58. The molecule has 1 aromatic heterocycles. The Kier molecular flexibility index (Phi) is 4.34. The number of hydrogen-bond acceptors (Lipinski definition) is 2. The zero-order valence-corrected chi connectivity index (χ0v) is 14.4. The van der Waals surface area contributed by atoms with Crippen LogP contribution >= 0.6 is 0 Å². The summed E-state index contributed by atoms with van der Waals surface area (Å²) < 4.78 is 0. The summed E-state index contributed by atoms with van der Waals surface area (Å²) in [7, 11) is 0. The number of rotatable bonds is 4. The lowest BCUT2D eigenvalue weighted by molar-refractivity contribution is 0.667. The predicted octanol–water partition coefficient (Wildman–Crippen LogP) is 4.72.